The Morgan fingerprint density at radius 3 is 2.44 bits per heavy atom. The monoisotopic (exact) mass is 308 g/mol. The van der Waals surface area contributed by atoms with Crippen molar-refractivity contribution in [2.24, 2.45) is 11.3 Å². The highest BCUT2D eigenvalue weighted by Crippen LogP contribution is 2.46. The van der Waals surface area contributed by atoms with Crippen molar-refractivity contribution in [3.8, 4) is 0 Å². The minimum absolute atomic E-state index is 0.0168. The zero-order chi connectivity index (χ0) is 12.5. The molecule has 2 atom stereocenters. The summed E-state index contributed by atoms with van der Waals surface area (Å²) in [6, 6.07) is 0. The molecule has 0 bridgehead atoms. The summed E-state index contributed by atoms with van der Waals surface area (Å²) >= 11 is 8.85. The zero-order valence-corrected chi connectivity index (χ0v) is 10.7. The Labute approximate surface area is 106 Å². The second kappa shape index (κ2) is 4.59. The van der Waals surface area contributed by atoms with Crippen molar-refractivity contribution in [1.29, 1.82) is 0 Å². The number of hydrogen-bond donors (Lipinski definition) is 2. The predicted octanol–water partition coefficient (Wildman–Crippen LogP) is 2.24. The van der Waals surface area contributed by atoms with Crippen LogP contribution in [0.1, 0.15) is 6.92 Å². The Morgan fingerprint density at radius 2 is 2.06 bits per heavy atom. The van der Waals surface area contributed by atoms with Gasteiger partial charge in [-0.2, -0.15) is 0 Å². The van der Waals surface area contributed by atoms with Gasteiger partial charge in [-0.25, -0.2) is 4.79 Å². The molecule has 0 radical (unpaired) electrons. The lowest BCUT2D eigenvalue weighted by atomic mass is 9.71. The Balaban J connectivity index is 3.33. The molecule has 0 aromatic heterocycles. The number of rotatable bonds is 3. The number of carboxylic acid groups (broad SMARTS) is 2. The van der Waals surface area contributed by atoms with E-state index < -0.39 is 23.3 Å². The quantitative estimate of drug-likeness (QED) is 0.784. The molecule has 0 aromatic rings. The standard InChI is InChI=1S/C10H10BrClO4/c1-10(9(15)16)6(4-12)5(8(13)14)2-3-7(10)11/h2-3,6H,4H2,1H3,(H,13,14)(H,15,16). The fourth-order valence-electron chi connectivity index (χ4n) is 1.64. The first-order valence-electron chi connectivity index (χ1n) is 4.46. The summed E-state index contributed by atoms with van der Waals surface area (Å²) in [4.78, 5) is 22.3. The maximum Gasteiger partial charge on any atom is 0.331 e. The number of carbonyl (C=O) groups is 2. The zero-order valence-electron chi connectivity index (χ0n) is 8.41. The normalized spacial score (nSPS) is 29.3. The van der Waals surface area contributed by atoms with Crippen LogP contribution in [-0.2, 0) is 9.59 Å². The molecule has 1 rings (SSSR count). The first-order chi connectivity index (χ1) is 7.35. The second-order valence-electron chi connectivity index (χ2n) is 3.66. The van der Waals surface area contributed by atoms with Gasteiger partial charge in [0, 0.05) is 21.9 Å². The molecule has 0 fully saturated rings. The molecule has 0 amide bonds. The molecule has 2 N–H and O–H groups in total. The van der Waals surface area contributed by atoms with Crippen LogP contribution in [0.15, 0.2) is 22.2 Å². The van der Waals surface area contributed by atoms with Crippen molar-refractivity contribution >= 4 is 39.5 Å². The van der Waals surface area contributed by atoms with Crippen molar-refractivity contribution in [2.75, 3.05) is 5.88 Å². The molecule has 2 unspecified atom stereocenters. The van der Waals surface area contributed by atoms with Gasteiger partial charge in [0.25, 0.3) is 0 Å². The predicted molar refractivity (Wildman–Crippen MR) is 62.7 cm³/mol. The molecule has 88 valence electrons. The van der Waals surface area contributed by atoms with Crippen molar-refractivity contribution in [2.45, 2.75) is 6.92 Å². The molecule has 0 aromatic carbocycles. The average molecular weight is 310 g/mol. The van der Waals surface area contributed by atoms with Crippen molar-refractivity contribution < 1.29 is 19.8 Å². The summed E-state index contributed by atoms with van der Waals surface area (Å²) in [5.74, 6) is -3.07. The summed E-state index contributed by atoms with van der Waals surface area (Å²) in [5, 5.41) is 18.2. The number of aliphatic carboxylic acids is 2. The number of carboxylic acids is 2. The van der Waals surface area contributed by atoms with E-state index in [2.05, 4.69) is 15.9 Å². The summed E-state index contributed by atoms with van der Waals surface area (Å²) < 4.78 is 0.420. The SMILES string of the molecule is CC1(C(=O)O)C(Br)=CC=C(C(=O)O)C1CCl. The molecule has 4 nitrogen and oxygen atoms in total. The highest BCUT2D eigenvalue weighted by Gasteiger charge is 2.48. The van der Waals surface area contributed by atoms with E-state index in [1.165, 1.54) is 19.1 Å². The fourth-order valence-corrected chi connectivity index (χ4v) is 2.69. The number of hydrogen-bond acceptors (Lipinski definition) is 2. The fraction of sp³-hybridized carbons (Fsp3) is 0.400. The number of alkyl halides is 1. The van der Waals surface area contributed by atoms with E-state index in [1.807, 2.05) is 0 Å². The topological polar surface area (TPSA) is 74.6 Å². The number of halogens is 2. The van der Waals surface area contributed by atoms with E-state index in [9.17, 15) is 14.7 Å². The van der Waals surface area contributed by atoms with E-state index in [-0.39, 0.29) is 11.5 Å². The van der Waals surface area contributed by atoms with Crippen LogP contribution in [0.2, 0.25) is 0 Å². The highest BCUT2D eigenvalue weighted by molar-refractivity contribution is 9.11. The van der Waals surface area contributed by atoms with Crippen LogP contribution < -0.4 is 0 Å². The summed E-state index contributed by atoms with van der Waals surface area (Å²) in [6.45, 7) is 1.46. The minimum Gasteiger partial charge on any atom is -0.481 e. The largest absolute Gasteiger partial charge is 0.481 e. The van der Waals surface area contributed by atoms with Crippen LogP contribution in [0.3, 0.4) is 0 Å². The molecule has 0 heterocycles. The Hall–Kier alpha value is -0.810. The number of allylic oxidation sites excluding steroid dienone is 2. The van der Waals surface area contributed by atoms with Crippen LogP contribution in [0.4, 0.5) is 0 Å². The van der Waals surface area contributed by atoms with Crippen LogP contribution in [0, 0.1) is 11.3 Å². The average Bonchev–Trinajstić information content (AvgIpc) is 2.20. The van der Waals surface area contributed by atoms with Gasteiger partial charge in [0.05, 0.1) is 0 Å². The molecule has 0 saturated carbocycles. The maximum absolute atomic E-state index is 11.3. The molecule has 0 spiro atoms. The van der Waals surface area contributed by atoms with E-state index in [0.717, 1.165) is 0 Å². The van der Waals surface area contributed by atoms with Crippen molar-refractivity contribution in [1.82, 2.24) is 0 Å². The highest BCUT2D eigenvalue weighted by atomic mass is 79.9. The summed E-state index contributed by atoms with van der Waals surface area (Å²) in [6.07, 6.45) is 2.82. The summed E-state index contributed by atoms with van der Waals surface area (Å²) in [7, 11) is 0. The molecule has 1 aliphatic rings. The van der Waals surface area contributed by atoms with Crippen LogP contribution in [0.25, 0.3) is 0 Å². The van der Waals surface area contributed by atoms with Gasteiger partial charge < -0.3 is 10.2 Å². The van der Waals surface area contributed by atoms with Crippen LogP contribution in [-0.4, -0.2) is 28.0 Å². The van der Waals surface area contributed by atoms with Gasteiger partial charge in [-0.05, 0) is 6.92 Å². The molecule has 6 heteroatoms. The van der Waals surface area contributed by atoms with Gasteiger partial charge in [0.1, 0.15) is 5.41 Å². The van der Waals surface area contributed by atoms with Crippen molar-refractivity contribution in [3.05, 3.63) is 22.2 Å². The Bertz CT molecular complexity index is 402. The van der Waals surface area contributed by atoms with Crippen LogP contribution >= 0.6 is 27.5 Å². The van der Waals surface area contributed by atoms with E-state index in [0.29, 0.717) is 4.48 Å². The Kier molecular flexibility index (Phi) is 3.80. The van der Waals surface area contributed by atoms with Gasteiger partial charge >= 0.3 is 11.9 Å². The van der Waals surface area contributed by atoms with Gasteiger partial charge in [0.15, 0.2) is 0 Å². The van der Waals surface area contributed by atoms with E-state index in [4.69, 9.17) is 16.7 Å². The third-order valence-electron chi connectivity index (χ3n) is 2.82. The molecule has 0 saturated heterocycles. The lowest BCUT2D eigenvalue weighted by Crippen LogP contribution is -2.41. The van der Waals surface area contributed by atoms with Crippen molar-refractivity contribution in [3.63, 3.8) is 0 Å². The lowest BCUT2D eigenvalue weighted by Gasteiger charge is -2.35. The first kappa shape index (κ1) is 13.3. The van der Waals surface area contributed by atoms with E-state index in [1.54, 1.807) is 0 Å². The molecule has 0 aliphatic heterocycles. The molecule has 1 aliphatic carbocycles. The smallest absolute Gasteiger partial charge is 0.331 e. The minimum atomic E-state index is -1.33. The third-order valence-corrected chi connectivity index (χ3v) is 4.22. The van der Waals surface area contributed by atoms with E-state index >= 15 is 0 Å². The molecular weight excluding hydrogens is 299 g/mol. The van der Waals surface area contributed by atoms with Gasteiger partial charge in [0.2, 0.25) is 0 Å². The van der Waals surface area contributed by atoms with Crippen LogP contribution in [0.5, 0.6) is 0 Å². The lowest BCUT2D eigenvalue weighted by molar-refractivity contribution is -0.147. The third kappa shape index (κ3) is 1.89. The van der Waals surface area contributed by atoms with Gasteiger partial charge in [-0.1, -0.05) is 28.1 Å². The summed E-state index contributed by atoms with van der Waals surface area (Å²) in [5.41, 5.74) is -1.31. The maximum atomic E-state index is 11.3. The van der Waals surface area contributed by atoms with Gasteiger partial charge in [-0.15, -0.1) is 11.6 Å². The Morgan fingerprint density at radius 1 is 1.50 bits per heavy atom. The van der Waals surface area contributed by atoms with Gasteiger partial charge in [-0.3, -0.25) is 4.79 Å². The second-order valence-corrected chi connectivity index (χ2v) is 4.82. The molecule has 16 heavy (non-hydrogen) atoms. The molecular formula is C10H10BrClO4. The first-order valence-corrected chi connectivity index (χ1v) is 5.79.